The van der Waals surface area contributed by atoms with Crippen LogP contribution in [0.3, 0.4) is 0 Å². The Morgan fingerprint density at radius 1 is 1.54 bits per heavy atom. The first-order chi connectivity index (χ1) is 6.02. The minimum Gasteiger partial charge on any atom is -0.368 e. The highest BCUT2D eigenvalue weighted by molar-refractivity contribution is 8.00. The van der Waals surface area contributed by atoms with E-state index in [9.17, 15) is 4.79 Å². The number of primary amides is 1. The van der Waals surface area contributed by atoms with Gasteiger partial charge in [0.05, 0.1) is 0 Å². The van der Waals surface area contributed by atoms with E-state index in [1.54, 1.807) is 18.7 Å². The normalized spacial score (nSPS) is 22.9. The molecule has 3 nitrogen and oxygen atoms in total. The zero-order valence-corrected chi connectivity index (χ0v) is 8.90. The van der Waals surface area contributed by atoms with Gasteiger partial charge in [0, 0.05) is 11.0 Å². The van der Waals surface area contributed by atoms with Gasteiger partial charge in [0.1, 0.15) is 5.54 Å². The first kappa shape index (κ1) is 10.9. The maximum absolute atomic E-state index is 10.9. The summed E-state index contributed by atoms with van der Waals surface area (Å²) in [4.78, 5) is 10.9. The lowest BCUT2D eigenvalue weighted by molar-refractivity contribution is -0.121. The molecule has 0 aromatic rings. The van der Waals surface area contributed by atoms with Crippen molar-refractivity contribution in [2.45, 2.75) is 43.4 Å². The van der Waals surface area contributed by atoms with Gasteiger partial charge in [-0.3, -0.25) is 4.79 Å². The van der Waals surface area contributed by atoms with Crippen molar-refractivity contribution in [1.29, 1.82) is 0 Å². The van der Waals surface area contributed by atoms with Crippen LogP contribution < -0.4 is 11.5 Å². The van der Waals surface area contributed by atoms with E-state index >= 15 is 0 Å². The molecule has 1 fully saturated rings. The highest BCUT2D eigenvalue weighted by Gasteiger charge is 2.27. The average Bonchev–Trinajstić information content (AvgIpc) is 2.52. The van der Waals surface area contributed by atoms with E-state index in [0.717, 1.165) is 0 Å². The molecule has 0 saturated heterocycles. The number of hydrogen-bond donors (Lipinski definition) is 2. The largest absolute Gasteiger partial charge is 0.368 e. The Bertz CT molecular complexity index is 188. The lowest BCUT2D eigenvalue weighted by Crippen LogP contribution is -2.51. The number of nitrogens with two attached hydrogens (primary N) is 2. The van der Waals surface area contributed by atoms with Crippen LogP contribution in [0, 0.1) is 0 Å². The van der Waals surface area contributed by atoms with Crippen LogP contribution in [0.25, 0.3) is 0 Å². The number of carbonyl (C=O) groups is 1. The van der Waals surface area contributed by atoms with Crippen molar-refractivity contribution in [2.24, 2.45) is 11.5 Å². The fourth-order valence-electron chi connectivity index (χ4n) is 1.42. The predicted molar refractivity (Wildman–Crippen MR) is 56.5 cm³/mol. The second-order valence-electron chi connectivity index (χ2n) is 4.00. The summed E-state index contributed by atoms with van der Waals surface area (Å²) in [5.74, 6) is 0.241. The van der Waals surface area contributed by atoms with Gasteiger partial charge < -0.3 is 11.5 Å². The standard InChI is InChI=1S/C9H18N2OS/c1-9(11,8(10)12)6-13-7-4-2-3-5-7/h7H,2-6,11H2,1H3,(H2,10,12). The molecule has 4 heteroatoms. The Labute approximate surface area is 83.6 Å². The average molecular weight is 202 g/mol. The van der Waals surface area contributed by atoms with Crippen molar-refractivity contribution < 1.29 is 4.79 Å². The highest BCUT2D eigenvalue weighted by atomic mass is 32.2. The summed E-state index contributed by atoms with van der Waals surface area (Å²) >= 11 is 1.79. The molecule has 13 heavy (non-hydrogen) atoms. The van der Waals surface area contributed by atoms with E-state index in [-0.39, 0.29) is 0 Å². The quantitative estimate of drug-likeness (QED) is 0.710. The van der Waals surface area contributed by atoms with Gasteiger partial charge in [-0.05, 0) is 19.8 Å². The summed E-state index contributed by atoms with van der Waals surface area (Å²) in [5, 5.41) is 0.697. The molecular weight excluding hydrogens is 184 g/mol. The molecule has 0 heterocycles. The maximum atomic E-state index is 10.9. The van der Waals surface area contributed by atoms with Gasteiger partial charge in [-0.1, -0.05) is 12.8 Å². The molecular formula is C9H18N2OS. The molecule has 0 bridgehead atoms. The van der Waals surface area contributed by atoms with E-state index < -0.39 is 11.4 Å². The third kappa shape index (κ3) is 3.19. The van der Waals surface area contributed by atoms with Crippen LogP contribution in [0.5, 0.6) is 0 Å². The summed E-state index contributed by atoms with van der Waals surface area (Å²) in [6, 6.07) is 0. The third-order valence-electron chi connectivity index (χ3n) is 2.48. The number of thioether (sulfide) groups is 1. The molecule has 0 aliphatic heterocycles. The molecule has 1 atom stereocenters. The SMILES string of the molecule is CC(N)(CSC1CCCC1)C(N)=O. The van der Waals surface area contributed by atoms with Gasteiger partial charge in [-0.2, -0.15) is 11.8 Å². The zero-order valence-electron chi connectivity index (χ0n) is 8.08. The van der Waals surface area contributed by atoms with Crippen LogP contribution in [0.2, 0.25) is 0 Å². The van der Waals surface area contributed by atoms with Crippen molar-refractivity contribution in [3.05, 3.63) is 0 Å². The lowest BCUT2D eigenvalue weighted by Gasteiger charge is -2.21. The first-order valence-electron chi connectivity index (χ1n) is 4.73. The molecule has 1 unspecified atom stereocenters. The molecule has 1 aliphatic rings. The smallest absolute Gasteiger partial charge is 0.238 e. The van der Waals surface area contributed by atoms with Crippen molar-refractivity contribution in [3.63, 3.8) is 0 Å². The van der Waals surface area contributed by atoms with Crippen molar-refractivity contribution >= 4 is 17.7 Å². The van der Waals surface area contributed by atoms with E-state index in [0.29, 0.717) is 11.0 Å². The van der Waals surface area contributed by atoms with Crippen molar-refractivity contribution in [3.8, 4) is 0 Å². The fraction of sp³-hybridized carbons (Fsp3) is 0.889. The van der Waals surface area contributed by atoms with Crippen LogP contribution >= 0.6 is 11.8 Å². The summed E-state index contributed by atoms with van der Waals surface area (Å²) in [7, 11) is 0. The Morgan fingerprint density at radius 3 is 2.54 bits per heavy atom. The Balaban J connectivity index is 2.28. The van der Waals surface area contributed by atoms with Crippen LogP contribution in [0.4, 0.5) is 0 Å². The van der Waals surface area contributed by atoms with E-state index in [2.05, 4.69) is 0 Å². The molecule has 1 amide bonds. The minimum absolute atomic E-state index is 0.405. The molecule has 76 valence electrons. The number of carbonyl (C=O) groups excluding carboxylic acids is 1. The molecule has 0 radical (unpaired) electrons. The van der Waals surface area contributed by atoms with E-state index in [4.69, 9.17) is 11.5 Å². The monoisotopic (exact) mass is 202 g/mol. The van der Waals surface area contributed by atoms with Gasteiger partial charge in [0.25, 0.3) is 0 Å². The Hall–Kier alpha value is -0.220. The van der Waals surface area contributed by atoms with Gasteiger partial charge in [-0.25, -0.2) is 0 Å². The highest BCUT2D eigenvalue weighted by Crippen LogP contribution is 2.30. The third-order valence-corrected chi connectivity index (χ3v) is 4.19. The molecule has 0 aromatic heterocycles. The molecule has 0 aromatic carbocycles. The molecule has 4 N–H and O–H groups in total. The number of hydrogen-bond acceptors (Lipinski definition) is 3. The Morgan fingerprint density at radius 2 is 2.08 bits per heavy atom. The van der Waals surface area contributed by atoms with Crippen LogP contribution in [-0.4, -0.2) is 22.4 Å². The van der Waals surface area contributed by atoms with Gasteiger partial charge in [-0.15, -0.1) is 0 Å². The second kappa shape index (κ2) is 4.33. The first-order valence-corrected chi connectivity index (χ1v) is 5.77. The fourth-order valence-corrected chi connectivity index (χ4v) is 2.81. The van der Waals surface area contributed by atoms with E-state index in [1.807, 2.05) is 0 Å². The molecule has 1 rings (SSSR count). The van der Waals surface area contributed by atoms with Crippen LogP contribution in [-0.2, 0) is 4.79 Å². The minimum atomic E-state index is -0.840. The summed E-state index contributed by atoms with van der Waals surface area (Å²) in [6.07, 6.45) is 5.16. The summed E-state index contributed by atoms with van der Waals surface area (Å²) < 4.78 is 0. The molecule has 0 spiro atoms. The topological polar surface area (TPSA) is 69.1 Å². The summed E-state index contributed by atoms with van der Waals surface area (Å²) in [5.41, 5.74) is 10.1. The number of rotatable bonds is 4. The van der Waals surface area contributed by atoms with Gasteiger partial charge in [0.2, 0.25) is 5.91 Å². The van der Waals surface area contributed by atoms with Crippen LogP contribution in [0.15, 0.2) is 0 Å². The molecule has 1 aliphatic carbocycles. The van der Waals surface area contributed by atoms with Crippen molar-refractivity contribution in [1.82, 2.24) is 0 Å². The van der Waals surface area contributed by atoms with Crippen molar-refractivity contribution in [2.75, 3.05) is 5.75 Å². The van der Waals surface area contributed by atoms with Gasteiger partial charge >= 0.3 is 0 Å². The lowest BCUT2D eigenvalue weighted by atomic mass is 10.1. The van der Waals surface area contributed by atoms with E-state index in [1.165, 1.54) is 25.7 Å². The second-order valence-corrected chi connectivity index (χ2v) is 5.29. The maximum Gasteiger partial charge on any atom is 0.238 e. The summed E-state index contributed by atoms with van der Waals surface area (Å²) in [6.45, 7) is 1.71. The molecule has 1 saturated carbocycles. The van der Waals surface area contributed by atoms with Crippen LogP contribution in [0.1, 0.15) is 32.6 Å². The Kier molecular flexibility index (Phi) is 3.62. The van der Waals surface area contributed by atoms with Gasteiger partial charge in [0.15, 0.2) is 0 Å². The zero-order chi connectivity index (χ0) is 9.90. The predicted octanol–water partition coefficient (Wildman–Crippen LogP) is 0.865. The number of amides is 1.